The summed E-state index contributed by atoms with van der Waals surface area (Å²) in [5.41, 5.74) is 5.34. The number of nitrogens with two attached hydrogens (primary N) is 1. The highest BCUT2D eigenvalue weighted by Crippen LogP contribution is 2.34. The van der Waals surface area contributed by atoms with Crippen molar-refractivity contribution in [1.29, 1.82) is 0 Å². The zero-order chi connectivity index (χ0) is 13.9. The Bertz CT molecular complexity index is 399. The fourth-order valence-electron chi connectivity index (χ4n) is 1.44. The third-order valence-electron chi connectivity index (χ3n) is 2.19. The predicted octanol–water partition coefficient (Wildman–Crippen LogP) is 3.83. The summed E-state index contributed by atoms with van der Waals surface area (Å²) in [4.78, 5) is 0. The molecule has 0 spiro atoms. The van der Waals surface area contributed by atoms with Gasteiger partial charge in [0.15, 0.2) is 11.6 Å². The third-order valence-corrected chi connectivity index (χ3v) is 2.47. The SMILES string of the molecule is CCOc1c(F)cc([C@@H](N)CC(F)(F)F)cc1Cl. The summed E-state index contributed by atoms with van der Waals surface area (Å²) in [7, 11) is 0. The lowest BCUT2D eigenvalue weighted by atomic mass is 10.0. The van der Waals surface area contributed by atoms with E-state index in [1.165, 1.54) is 6.07 Å². The molecule has 1 aromatic rings. The molecule has 0 fully saturated rings. The molecular formula is C11H12ClF4NO. The Kier molecular flexibility index (Phi) is 4.81. The smallest absolute Gasteiger partial charge is 0.390 e. The van der Waals surface area contributed by atoms with E-state index in [4.69, 9.17) is 22.1 Å². The lowest BCUT2D eigenvalue weighted by Gasteiger charge is -2.16. The number of hydrogen-bond acceptors (Lipinski definition) is 2. The maximum absolute atomic E-state index is 13.5. The first-order chi connectivity index (χ1) is 8.24. The molecule has 18 heavy (non-hydrogen) atoms. The number of alkyl halides is 3. The molecule has 0 saturated carbocycles. The van der Waals surface area contributed by atoms with Gasteiger partial charge in [-0.05, 0) is 24.6 Å². The van der Waals surface area contributed by atoms with Crippen LogP contribution < -0.4 is 10.5 Å². The van der Waals surface area contributed by atoms with Crippen molar-refractivity contribution >= 4 is 11.6 Å². The first-order valence-electron chi connectivity index (χ1n) is 5.18. The number of ether oxygens (including phenoxy) is 1. The van der Waals surface area contributed by atoms with E-state index in [1.54, 1.807) is 6.92 Å². The average molecular weight is 286 g/mol. The molecule has 0 saturated heterocycles. The Labute approximate surface area is 107 Å². The molecule has 0 heterocycles. The Morgan fingerprint density at radius 1 is 1.39 bits per heavy atom. The van der Waals surface area contributed by atoms with E-state index in [0.29, 0.717) is 0 Å². The van der Waals surface area contributed by atoms with E-state index in [9.17, 15) is 17.6 Å². The maximum Gasteiger partial charge on any atom is 0.390 e. The molecule has 0 radical (unpaired) electrons. The lowest BCUT2D eigenvalue weighted by Crippen LogP contribution is -2.20. The van der Waals surface area contributed by atoms with Gasteiger partial charge in [-0.2, -0.15) is 13.2 Å². The zero-order valence-corrected chi connectivity index (χ0v) is 10.3. The van der Waals surface area contributed by atoms with E-state index in [2.05, 4.69) is 0 Å². The van der Waals surface area contributed by atoms with Crippen molar-refractivity contribution < 1.29 is 22.3 Å². The molecule has 0 unspecified atom stereocenters. The minimum Gasteiger partial charge on any atom is -0.489 e. The summed E-state index contributed by atoms with van der Waals surface area (Å²) in [5, 5.41) is -0.0931. The van der Waals surface area contributed by atoms with Gasteiger partial charge in [-0.1, -0.05) is 11.6 Å². The van der Waals surface area contributed by atoms with Gasteiger partial charge in [0.25, 0.3) is 0 Å². The van der Waals surface area contributed by atoms with Crippen molar-refractivity contribution in [2.24, 2.45) is 5.73 Å². The van der Waals surface area contributed by atoms with Gasteiger partial charge in [-0.15, -0.1) is 0 Å². The third kappa shape index (κ3) is 4.03. The molecule has 7 heteroatoms. The molecule has 0 aliphatic carbocycles. The number of hydrogen-bond donors (Lipinski definition) is 1. The molecule has 0 bridgehead atoms. The molecule has 1 rings (SSSR count). The van der Waals surface area contributed by atoms with Gasteiger partial charge in [-0.25, -0.2) is 4.39 Å². The van der Waals surface area contributed by atoms with Crippen LogP contribution in [0.4, 0.5) is 17.6 Å². The molecule has 0 aliphatic rings. The van der Waals surface area contributed by atoms with E-state index < -0.39 is 24.5 Å². The summed E-state index contributed by atoms with van der Waals surface area (Å²) in [5.74, 6) is -1.00. The summed E-state index contributed by atoms with van der Waals surface area (Å²) in [6.07, 6.45) is -5.66. The minimum absolute atomic E-state index is 0.0155. The van der Waals surface area contributed by atoms with Crippen molar-refractivity contribution in [3.8, 4) is 5.75 Å². The van der Waals surface area contributed by atoms with E-state index in [-0.39, 0.29) is 22.9 Å². The minimum atomic E-state index is -4.42. The van der Waals surface area contributed by atoms with Gasteiger partial charge in [0.1, 0.15) is 0 Å². The second kappa shape index (κ2) is 5.75. The standard InChI is InChI=1S/C11H12ClF4NO/c1-2-18-10-7(12)3-6(4-8(10)13)9(17)5-11(14,15)16/h3-4,9H,2,5,17H2,1H3/t9-/m0/s1. The maximum atomic E-state index is 13.5. The topological polar surface area (TPSA) is 35.2 Å². The van der Waals surface area contributed by atoms with Crippen LogP contribution in [-0.4, -0.2) is 12.8 Å². The van der Waals surface area contributed by atoms with Gasteiger partial charge in [0.2, 0.25) is 0 Å². The highest BCUT2D eigenvalue weighted by molar-refractivity contribution is 6.32. The van der Waals surface area contributed by atoms with Gasteiger partial charge < -0.3 is 10.5 Å². The Morgan fingerprint density at radius 2 is 2.00 bits per heavy atom. The molecule has 102 valence electrons. The monoisotopic (exact) mass is 285 g/mol. The summed E-state index contributed by atoms with van der Waals surface area (Å²) in [6.45, 7) is 1.84. The van der Waals surface area contributed by atoms with Crippen molar-refractivity contribution in [3.63, 3.8) is 0 Å². The largest absolute Gasteiger partial charge is 0.489 e. The van der Waals surface area contributed by atoms with Crippen LogP contribution in [0.5, 0.6) is 5.75 Å². The lowest BCUT2D eigenvalue weighted by molar-refractivity contribution is -0.138. The molecular weight excluding hydrogens is 274 g/mol. The first-order valence-corrected chi connectivity index (χ1v) is 5.56. The van der Waals surface area contributed by atoms with Crippen molar-refractivity contribution in [2.75, 3.05) is 6.61 Å². The van der Waals surface area contributed by atoms with Crippen LogP contribution in [0.3, 0.4) is 0 Å². The van der Waals surface area contributed by atoms with Crippen LogP contribution in [0.1, 0.15) is 24.9 Å². The number of halogens is 5. The average Bonchev–Trinajstić information content (AvgIpc) is 2.20. The molecule has 2 nitrogen and oxygen atoms in total. The molecule has 0 aromatic heterocycles. The molecule has 1 aromatic carbocycles. The normalized spacial score (nSPS) is 13.5. The van der Waals surface area contributed by atoms with Crippen LogP contribution in [0.15, 0.2) is 12.1 Å². The van der Waals surface area contributed by atoms with Crippen molar-refractivity contribution in [3.05, 3.63) is 28.5 Å². The number of rotatable bonds is 4. The van der Waals surface area contributed by atoms with E-state index in [1.807, 2.05) is 0 Å². The van der Waals surface area contributed by atoms with E-state index in [0.717, 1.165) is 6.07 Å². The van der Waals surface area contributed by atoms with Gasteiger partial charge in [0, 0.05) is 6.04 Å². The van der Waals surface area contributed by atoms with Crippen LogP contribution in [0.2, 0.25) is 5.02 Å². The van der Waals surface area contributed by atoms with Crippen LogP contribution >= 0.6 is 11.6 Å². The highest BCUT2D eigenvalue weighted by atomic mass is 35.5. The van der Waals surface area contributed by atoms with Crippen molar-refractivity contribution in [1.82, 2.24) is 0 Å². The fraction of sp³-hybridized carbons (Fsp3) is 0.455. The summed E-state index contributed by atoms with van der Waals surface area (Å²) >= 11 is 5.73. The molecule has 2 N–H and O–H groups in total. The Balaban J connectivity index is 2.98. The molecule has 1 atom stereocenters. The molecule has 0 aliphatic heterocycles. The predicted molar refractivity (Wildman–Crippen MR) is 60.2 cm³/mol. The zero-order valence-electron chi connectivity index (χ0n) is 9.52. The highest BCUT2D eigenvalue weighted by Gasteiger charge is 2.31. The Morgan fingerprint density at radius 3 is 2.44 bits per heavy atom. The second-order valence-electron chi connectivity index (χ2n) is 3.67. The summed E-state index contributed by atoms with van der Waals surface area (Å²) in [6, 6.07) is 0.743. The first kappa shape index (κ1) is 15.0. The fourth-order valence-corrected chi connectivity index (χ4v) is 1.71. The molecule has 0 amide bonds. The summed E-state index contributed by atoms with van der Waals surface area (Å²) < 4.78 is 55.0. The van der Waals surface area contributed by atoms with Gasteiger partial charge in [0.05, 0.1) is 18.1 Å². The van der Waals surface area contributed by atoms with Crippen LogP contribution in [0, 0.1) is 5.82 Å². The van der Waals surface area contributed by atoms with Gasteiger partial charge in [-0.3, -0.25) is 0 Å². The van der Waals surface area contributed by atoms with E-state index >= 15 is 0 Å². The Hall–Kier alpha value is -1.01. The second-order valence-corrected chi connectivity index (χ2v) is 4.08. The quantitative estimate of drug-likeness (QED) is 0.853. The van der Waals surface area contributed by atoms with Crippen molar-refractivity contribution in [2.45, 2.75) is 25.6 Å². The number of benzene rings is 1. The van der Waals surface area contributed by atoms with Crippen LogP contribution in [-0.2, 0) is 0 Å². The van der Waals surface area contributed by atoms with Gasteiger partial charge >= 0.3 is 6.18 Å². The van der Waals surface area contributed by atoms with Crippen LogP contribution in [0.25, 0.3) is 0 Å².